The number of hydrogen-bond donors (Lipinski definition) is 0. The highest BCUT2D eigenvalue weighted by atomic mass is 16.5. The van der Waals surface area contributed by atoms with E-state index in [2.05, 4.69) is 19.0 Å². The first kappa shape index (κ1) is 7.20. The molecule has 0 saturated carbocycles. The molecule has 1 rings (SSSR count). The number of ether oxygens (including phenoxy) is 1. The molecule has 0 atom stereocenters. The van der Waals surface area contributed by atoms with E-state index in [1.807, 2.05) is 12.1 Å². The zero-order chi connectivity index (χ0) is 7.40. The molecule has 0 saturated heterocycles. The van der Waals surface area contributed by atoms with E-state index in [0.717, 1.165) is 13.0 Å². The minimum absolute atomic E-state index is 0.944. The molecule has 2 heteroatoms. The van der Waals surface area contributed by atoms with Crippen LogP contribution in [0.4, 0.5) is 0 Å². The summed E-state index contributed by atoms with van der Waals surface area (Å²) in [7, 11) is 2.76. The second-order valence-corrected chi connectivity index (χ2v) is 2.21. The van der Waals surface area contributed by atoms with Crippen LogP contribution in [-0.2, 0) is 0 Å². The van der Waals surface area contributed by atoms with Crippen molar-refractivity contribution < 1.29 is 4.74 Å². The third-order valence-corrected chi connectivity index (χ3v) is 1.54. The van der Waals surface area contributed by atoms with Gasteiger partial charge in [-0.2, -0.15) is 0 Å². The summed E-state index contributed by atoms with van der Waals surface area (Å²) in [6.45, 7) is 2.13. The van der Waals surface area contributed by atoms with Crippen molar-refractivity contribution in [3.63, 3.8) is 0 Å². The summed E-state index contributed by atoms with van der Waals surface area (Å²) < 4.78 is 5.06. The van der Waals surface area contributed by atoms with Gasteiger partial charge in [0.1, 0.15) is 5.75 Å². The number of hydrogen-bond acceptors (Lipinski definition) is 1. The maximum absolute atomic E-state index is 5.06. The van der Waals surface area contributed by atoms with Crippen molar-refractivity contribution in [2.45, 2.75) is 6.82 Å². The summed E-state index contributed by atoms with van der Waals surface area (Å²) >= 11 is 0. The summed E-state index contributed by atoms with van der Waals surface area (Å²) in [4.78, 5) is 0. The molecule has 0 fully saturated rings. The van der Waals surface area contributed by atoms with E-state index in [9.17, 15) is 0 Å². The summed E-state index contributed by atoms with van der Waals surface area (Å²) in [5, 5.41) is 0. The maximum atomic E-state index is 5.06. The van der Waals surface area contributed by atoms with Crippen LogP contribution in [0.2, 0.25) is 6.82 Å². The first-order chi connectivity index (χ1) is 4.86. The van der Waals surface area contributed by atoms with Crippen molar-refractivity contribution in [2.24, 2.45) is 0 Å². The van der Waals surface area contributed by atoms with Gasteiger partial charge < -0.3 is 4.74 Å². The lowest BCUT2D eigenvalue weighted by atomic mass is 9.73. The molecule has 0 amide bonds. The van der Waals surface area contributed by atoms with E-state index in [0.29, 0.717) is 0 Å². The first-order valence-corrected chi connectivity index (χ1v) is 3.49. The van der Waals surface area contributed by atoms with E-state index in [-0.39, 0.29) is 0 Å². The van der Waals surface area contributed by atoms with Gasteiger partial charge >= 0.3 is 0 Å². The van der Waals surface area contributed by atoms with Crippen LogP contribution < -0.4 is 10.2 Å². The van der Waals surface area contributed by atoms with Crippen LogP contribution >= 0.6 is 0 Å². The van der Waals surface area contributed by atoms with E-state index in [1.54, 1.807) is 7.11 Å². The topological polar surface area (TPSA) is 9.23 Å². The average molecular weight is 134 g/mol. The van der Waals surface area contributed by atoms with Gasteiger partial charge in [-0.25, -0.2) is 0 Å². The Labute approximate surface area is 62.3 Å². The summed E-state index contributed by atoms with van der Waals surface area (Å²) in [5.74, 6) is 0.944. The van der Waals surface area contributed by atoms with Crippen LogP contribution in [0.15, 0.2) is 24.3 Å². The van der Waals surface area contributed by atoms with Gasteiger partial charge in [-0.1, -0.05) is 24.4 Å². The fourth-order valence-corrected chi connectivity index (χ4v) is 0.892. The molecule has 0 spiro atoms. The fraction of sp³-hybridized carbons (Fsp3) is 0.250. The van der Waals surface area contributed by atoms with E-state index in [4.69, 9.17) is 4.74 Å². The van der Waals surface area contributed by atoms with Gasteiger partial charge in [0.15, 0.2) is 7.28 Å². The molecule has 0 aliphatic carbocycles. The highest BCUT2D eigenvalue weighted by molar-refractivity contribution is 6.51. The molecular formula is C8H11BO. The van der Waals surface area contributed by atoms with E-state index >= 15 is 0 Å². The third kappa shape index (κ3) is 1.53. The Bertz CT molecular complexity index is 191. The third-order valence-electron chi connectivity index (χ3n) is 1.54. The second-order valence-electron chi connectivity index (χ2n) is 2.21. The standard InChI is InChI=1S/C8H11BO/c1-9-7-4-3-5-8(6-7)10-2/h3-6,9H,1-2H3. The molecule has 0 bridgehead atoms. The highest BCUT2D eigenvalue weighted by Gasteiger charge is 1.91. The molecule has 1 nitrogen and oxygen atoms in total. The molecule has 0 aromatic heterocycles. The number of methoxy groups -OCH3 is 1. The molecule has 1 aromatic carbocycles. The lowest BCUT2D eigenvalue weighted by molar-refractivity contribution is 0.415. The van der Waals surface area contributed by atoms with Gasteiger partial charge in [0.05, 0.1) is 7.11 Å². The van der Waals surface area contributed by atoms with Crippen LogP contribution in [0.5, 0.6) is 5.75 Å². The van der Waals surface area contributed by atoms with Gasteiger partial charge in [-0.3, -0.25) is 0 Å². The Morgan fingerprint density at radius 3 is 2.80 bits per heavy atom. The molecule has 0 N–H and O–H groups in total. The van der Waals surface area contributed by atoms with Crippen LogP contribution in [0.3, 0.4) is 0 Å². The molecule has 0 unspecified atom stereocenters. The first-order valence-electron chi connectivity index (χ1n) is 3.49. The molecular weight excluding hydrogens is 123 g/mol. The van der Waals surface area contributed by atoms with Crippen molar-refractivity contribution in [3.8, 4) is 5.75 Å². The molecule has 0 heterocycles. The SMILES string of the molecule is CBc1cccc(OC)c1. The Hall–Kier alpha value is -0.915. The molecule has 1 aromatic rings. The van der Waals surface area contributed by atoms with Crippen LogP contribution in [0, 0.1) is 0 Å². The Morgan fingerprint density at radius 2 is 2.20 bits per heavy atom. The normalized spacial score (nSPS) is 9.00. The van der Waals surface area contributed by atoms with Gasteiger partial charge in [0.25, 0.3) is 0 Å². The van der Waals surface area contributed by atoms with Crippen LogP contribution in [0.25, 0.3) is 0 Å². The summed E-state index contributed by atoms with van der Waals surface area (Å²) in [5.41, 5.74) is 1.32. The maximum Gasteiger partial charge on any atom is 0.154 e. The summed E-state index contributed by atoms with van der Waals surface area (Å²) in [6, 6.07) is 8.12. The number of rotatable bonds is 2. The van der Waals surface area contributed by atoms with Crippen molar-refractivity contribution in [2.75, 3.05) is 7.11 Å². The lowest BCUT2D eigenvalue weighted by Gasteiger charge is -1.99. The molecule has 52 valence electrons. The van der Waals surface area contributed by atoms with Gasteiger partial charge in [-0.05, 0) is 12.1 Å². The van der Waals surface area contributed by atoms with Crippen LogP contribution in [-0.4, -0.2) is 14.4 Å². The quantitative estimate of drug-likeness (QED) is 0.543. The zero-order valence-electron chi connectivity index (χ0n) is 6.42. The van der Waals surface area contributed by atoms with E-state index < -0.39 is 0 Å². The van der Waals surface area contributed by atoms with Gasteiger partial charge in [0, 0.05) is 0 Å². The molecule has 0 aliphatic rings. The largest absolute Gasteiger partial charge is 0.497 e. The molecule has 0 aliphatic heterocycles. The van der Waals surface area contributed by atoms with Gasteiger partial charge in [0.2, 0.25) is 0 Å². The number of benzene rings is 1. The summed E-state index contributed by atoms with van der Waals surface area (Å²) in [6.07, 6.45) is 0. The smallest absolute Gasteiger partial charge is 0.154 e. The Morgan fingerprint density at radius 1 is 1.40 bits per heavy atom. The monoisotopic (exact) mass is 134 g/mol. The molecule has 10 heavy (non-hydrogen) atoms. The van der Waals surface area contributed by atoms with Crippen LogP contribution in [0.1, 0.15) is 0 Å². The Balaban J connectivity index is 2.87. The molecule has 0 radical (unpaired) electrons. The predicted molar refractivity (Wildman–Crippen MR) is 45.6 cm³/mol. The van der Waals surface area contributed by atoms with Crippen molar-refractivity contribution in [3.05, 3.63) is 24.3 Å². The Kier molecular flexibility index (Phi) is 2.38. The average Bonchev–Trinajstić information content (AvgIpc) is 2.05. The van der Waals surface area contributed by atoms with Crippen molar-refractivity contribution in [1.29, 1.82) is 0 Å². The minimum Gasteiger partial charge on any atom is -0.497 e. The minimum atomic E-state index is 0.944. The predicted octanol–water partition coefficient (Wildman–Crippen LogP) is 0.805. The van der Waals surface area contributed by atoms with E-state index in [1.165, 1.54) is 5.46 Å². The fourth-order valence-electron chi connectivity index (χ4n) is 0.892. The van der Waals surface area contributed by atoms with Crippen molar-refractivity contribution in [1.82, 2.24) is 0 Å². The zero-order valence-corrected chi connectivity index (χ0v) is 6.42. The lowest BCUT2D eigenvalue weighted by Crippen LogP contribution is -2.09. The van der Waals surface area contributed by atoms with Gasteiger partial charge in [-0.15, -0.1) is 0 Å². The second kappa shape index (κ2) is 3.30. The highest BCUT2D eigenvalue weighted by Crippen LogP contribution is 2.04. The van der Waals surface area contributed by atoms with Crippen molar-refractivity contribution >= 4 is 12.7 Å².